The smallest absolute Gasteiger partial charge is 0.314 e. The van der Waals surface area contributed by atoms with Gasteiger partial charge in [0.15, 0.2) is 17.0 Å². The van der Waals surface area contributed by atoms with Gasteiger partial charge in [-0.1, -0.05) is 0 Å². The van der Waals surface area contributed by atoms with E-state index < -0.39 is 11.1 Å². The third kappa shape index (κ3) is 2.26. The van der Waals surface area contributed by atoms with Crippen LogP contribution >= 0.6 is 0 Å². The first kappa shape index (κ1) is 17.2. The maximum atomic E-state index is 12.8. The van der Waals surface area contributed by atoms with Crippen molar-refractivity contribution in [1.29, 1.82) is 0 Å². The van der Waals surface area contributed by atoms with Crippen molar-refractivity contribution in [3.63, 3.8) is 0 Å². The lowest BCUT2D eigenvalue weighted by Crippen LogP contribution is -2.53. The van der Waals surface area contributed by atoms with E-state index in [1.54, 1.807) is 26.0 Å². The van der Waals surface area contributed by atoms with Crippen molar-refractivity contribution in [2.75, 3.05) is 21.3 Å². The van der Waals surface area contributed by atoms with E-state index in [4.69, 9.17) is 14.2 Å². The highest BCUT2D eigenvalue weighted by molar-refractivity contribution is 5.97. The van der Waals surface area contributed by atoms with Crippen LogP contribution in [0.25, 0.3) is 0 Å². The van der Waals surface area contributed by atoms with Crippen LogP contribution < -0.4 is 14.2 Å². The van der Waals surface area contributed by atoms with E-state index in [-0.39, 0.29) is 5.84 Å². The van der Waals surface area contributed by atoms with E-state index in [9.17, 15) is 10.4 Å². The van der Waals surface area contributed by atoms with Crippen LogP contribution in [0.3, 0.4) is 0 Å². The first-order valence-electron chi connectivity index (χ1n) is 7.27. The molecule has 0 aromatic heterocycles. The Morgan fingerprint density at radius 3 is 1.78 bits per heavy atom. The molecule has 7 heteroatoms. The Morgan fingerprint density at radius 1 is 1.00 bits per heavy atom. The maximum absolute atomic E-state index is 12.8. The Morgan fingerprint density at radius 2 is 1.48 bits per heavy atom. The second-order valence-electron chi connectivity index (χ2n) is 6.46. The molecule has 0 amide bonds. The lowest BCUT2D eigenvalue weighted by atomic mass is 9.84. The molecule has 1 aromatic carbocycles. The average molecular weight is 324 g/mol. The predicted octanol–water partition coefficient (Wildman–Crippen LogP) is 2.23. The topological polar surface area (TPSA) is 77.2 Å². The summed E-state index contributed by atoms with van der Waals surface area (Å²) in [6.45, 7) is 7.19. The van der Waals surface area contributed by atoms with Crippen molar-refractivity contribution in [3.05, 3.63) is 22.9 Å². The summed E-state index contributed by atoms with van der Waals surface area (Å²) in [5.41, 5.74) is -1.11. The summed E-state index contributed by atoms with van der Waals surface area (Å²) in [5.74, 6) is 1.40. The molecule has 1 heterocycles. The summed E-state index contributed by atoms with van der Waals surface area (Å²) in [7, 11) is 4.51. The number of rotatable bonds is 4. The quantitative estimate of drug-likeness (QED) is 0.676. The van der Waals surface area contributed by atoms with Gasteiger partial charge in [-0.3, -0.25) is 4.74 Å². The Balaban J connectivity index is 2.70. The molecule has 0 radical (unpaired) electrons. The highest BCUT2D eigenvalue weighted by Crippen LogP contribution is 2.42. The minimum Gasteiger partial charge on any atom is -0.714 e. The number of hydrogen-bond donors (Lipinski definition) is 1. The van der Waals surface area contributed by atoms with Crippen LogP contribution in [0, 0.1) is 5.21 Å². The van der Waals surface area contributed by atoms with Gasteiger partial charge in [-0.2, -0.15) is 0 Å². The lowest BCUT2D eigenvalue weighted by molar-refractivity contribution is -0.539. The molecule has 128 valence electrons. The molecule has 0 atom stereocenters. The van der Waals surface area contributed by atoms with Crippen LogP contribution in [0.5, 0.6) is 17.2 Å². The van der Waals surface area contributed by atoms with Gasteiger partial charge in [0.05, 0.1) is 26.9 Å². The number of nitrogens with zero attached hydrogens (tertiary/aromatic N) is 2. The van der Waals surface area contributed by atoms with Crippen molar-refractivity contribution in [3.8, 4) is 17.2 Å². The van der Waals surface area contributed by atoms with Crippen LogP contribution in [-0.4, -0.2) is 53.3 Å². The molecule has 0 fully saturated rings. The molecule has 1 N–H and O–H groups in total. The van der Waals surface area contributed by atoms with Crippen LogP contribution in [0.15, 0.2) is 12.1 Å². The van der Waals surface area contributed by atoms with Crippen molar-refractivity contribution < 1.29 is 24.2 Å². The Labute approximate surface area is 136 Å². The number of ether oxygens (including phenoxy) is 3. The van der Waals surface area contributed by atoms with Crippen LogP contribution in [0.1, 0.15) is 33.3 Å². The van der Waals surface area contributed by atoms with Gasteiger partial charge in [-0.05, 0) is 39.8 Å². The highest BCUT2D eigenvalue weighted by Gasteiger charge is 2.59. The van der Waals surface area contributed by atoms with Crippen LogP contribution in [0.2, 0.25) is 0 Å². The molecule has 0 saturated carbocycles. The fourth-order valence-corrected chi connectivity index (χ4v) is 2.57. The lowest BCUT2D eigenvalue weighted by Gasteiger charge is -2.33. The first-order valence-corrected chi connectivity index (χ1v) is 7.27. The molecular weight excluding hydrogens is 300 g/mol. The maximum Gasteiger partial charge on any atom is 0.314 e. The minimum atomic E-state index is -0.822. The predicted molar refractivity (Wildman–Crippen MR) is 85.6 cm³/mol. The largest absolute Gasteiger partial charge is 0.714 e. The van der Waals surface area contributed by atoms with Crippen molar-refractivity contribution in [1.82, 2.24) is 5.06 Å². The molecule has 1 aliphatic heterocycles. The third-order valence-corrected chi connectivity index (χ3v) is 4.85. The number of hydrogen-bond acceptors (Lipinski definition) is 6. The van der Waals surface area contributed by atoms with Crippen LogP contribution in [0.4, 0.5) is 0 Å². The molecule has 0 aliphatic carbocycles. The molecule has 7 nitrogen and oxygen atoms in total. The van der Waals surface area contributed by atoms with Crippen LogP contribution in [-0.2, 0) is 0 Å². The molecule has 2 rings (SSSR count). The van der Waals surface area contributed by atoms with E-state index in [0.717, 1.165) is 9.80 Å². The summed E-state index contributed by atoms with van der Waals surface area (Å²) in [5, 5.41) is 24.3. The van der Waals surface area contributed by atoms with Gasteiger partial charge < -0.3 is 19.4 Å². The number of hydroxylamine groups is 3. The summed E-state index contributed by atoms with van der Waals surface area (Å²) in [6, 6.07) is 3.28. The van der Waals surface area contributed by atoms with Crippen molar-refractivity contribution >= 4 is 5.84 Å². The molecule has 1 aromatic rings. The van der Waals surface area contributed by atoms with Gasteiger partial charge in [-0.15, -0.1) is 5.06 Å². The highest BCUT2D eigenvalue weighted by atomic mass is 16.5. The second kappa shape index (κ2) is 5.49. The van der Waals surface area contributed by atoms with E-state index in [0.29, 0.717) is 22.8 Å². The average Bonchev–Trinajstić information content (AvgIpc) is 2.63. The Hall–Kier alpha value is -2.15. The normalized spacial score (nSPS) is 19.0. The summed E-state index contributed by atoms with van der Waals surface area (Å²) in [4.78, 5) is 0. The van der Waals surface area contributed by atoms with Gasteiger partial charge in [-0.25, -0.2) is 5.21 Å². The zero-order valence-corrected chi connectivity index (χ0v) is 14.6. The van der Waals surface area contributed by atoms with Gasteiger partial charge in [0, 0.05) is 0 Å². The summed E-state index contributed by atoms with van der Waals surface area (Å²) in [6.07, 6.45) is 0. The molecule has 23 heavy (non-hydrogen) atoms. The number of methoxy groups -OCH3 is 3. The molecule has 1 aliphatic rings. The fraction of sp³-hybridized carbons (Fsp3) is 0.562. The zero-order valence-electron chi connectivity index (χ0n) is 14.6. The number of benzene rings is 1. The molecule has 0 spiro atoms. The first-order chi connectivity index (χ1) is 10.6. The second-order valence-corrected chi connectivity index (χ2v) is 6.46. The van der Waals surface area contributed by atoms with E-state index in [2.05, 4.69) is 0 Å². The summed E-state index contributed by atoms with van der Waals surface area (Å²) >= 11 is 0. The van der Waals surface area contributed by atoms with Crippen molar-refractivity contribution in [2.24, 2.45) is 0 Å². The standard InChI is InChI=1S/C16H24N2O5/c1-15(2)16(3,4)18(20)14(17(15)19)10-8-11(21-5)13(23-7)12(9-10)22-6/h8-9,19H,1-7H3. The molecule has 0 bridgehead atoms. The molecule has 0 unspecified atom stereocenters. The number of amidine groups is 1. The molecular formula is C16H24N2O5. The minimum absolute atomic E-state index is 0.138. The monoisotopic (exact) mass is 324 g/mol. The van der Waals surface area contributed by atoms with Crippen molar-refractivity contribution in [2.45, 2.75) is 38.8 Å². The SMILES string of the molecule is COc1cc(C2=[N+]([O-])C(C)(C)C(C)(C)N2O)cc(OC)c1OC. The van der Waals surface area contributed by atoms with Gasteiger partial charge in [0.2, 0.25) is 5.75 Å². The Kier molecular flexibility index (Phi) is 4.11. The van der Waals surface area contributed by atoms with Gasteiger partial charge in [0.25, 0.3) is 0 Å². The summed E-state index contributed by atoms with van der Waals surface area (Å²) < 4.78 is 16.7. The molecule has 0 saturated heterocycles. The van der Waals surface area contributed by atoms with Gasteiger partial charge in [0.1, 0.15) is 5.54 Å². The Bertz CT molecular complexity index is 627. The third-order valence-electron chi connectivity index (χ3n) is 4.85. The van der Waals surface area contributed by atoms with E-state index in [1.165, 1.54) is 21.3 Å². The van der Waals surface area contributed by atoms with Gasteiger partial charge >= 0.3 is 5.84 Å². The van der Waals surface area contributed by atoms with E-state index in [1.807, 2.05) is 13.8 Å². The fourth-order valence-electron chi connectivity index (χ4n) is 2.57. The zero-order chi connectivity index (χ0) is 17.6. The van der Waals surface area contributed by atoms with E-state index >= 15 is 0 Å².